The van der Waals surface area contributed by atoms with Crippen LogP contribution in [0, 0.1) is 7.05 Å². The third kappa shape index (κ3) is 1.76. The van der Waals surface area contributed by atoms with Gasteiger partial charge in [0, 0.05) is 7.05 Å². The summed E-state index contributed by atoms with van der Waals surface area (Å²) in [4.78, 5) is 11.6. The van der Waals surface area contributed by atoms with Gasteiger partial charge in [-0.2, -0.15) is 8.42 Å². The van der Waals surface area contributed by atoms with Crippen LogP contribution in [0.5, 0.6) is 0 Å². The maximum Gasteiger partial charge on any atom is 0.432 e. The SMILES string of the molecule is [CH2]NC(=O)[N+]1(S(C)(=O)=O)CCCCC1. The molecule has 6 heteroatoms. The number of amides is 2. The summed E-state index contributed by atoms with van der Waals surface area (Å²) in [5.41, 5.74) is 0. The summed E-state index contributed by atoms with van der Waals surface area (Å²) in [7, 11) is -0.174. The predicted octanol–water partition coefficient (Wildman–Crippen LogP) is 0.448. The molecule has 1 fully saturated rings. The summed E-state index contributed by atoms with van der Waals surface area (Å²) >= 11 is 0. The molecule has 5 nitrogen and oxygen atoms in total. The van der Waals surface area contributed by atoms with E-state index in [2.05, 4.69) is 12.4 Å². The van der Waals surface area contributed by atoms with Crippen LogP contribution in [-0.2, 0) is 10.0 Å². The number of urea groups is 1. The monoisotopic (exact) mass is 220 g/mol. The molecule has 1 aliphatic heterocycles. The van der Waals surface area contributed by atoms with E-state index in [4.69, 9.17) is 0 Å². The Bertz CT molecular complexity index is 317. The molecule has 0 aliphatic carbocycles. The summed E-state index contributed by atoms with van der Waals surface area (Å²) in [6.07, 6.45) is 3.62. The van der Waals surface area contributed by atoms with Crippen LogP contribution in [0.2, 0.25) is 0 Å². The third-order valence-electron chi connectivity index (χ3n) is 2.69. The van der Waals surface area contributed by atoms with Gasteiger partial charge in [0.1, 0.15) is 13.1 Å². The molecule has 1 saturated heterocycles. The van der Waals surface area contributed by atoms with Crippen LogP contribution >= 0.6 is 0 Å². The maximum atomic E-state index is 11.6. The molecule has 0 atom stereocenters. The molecule has 1 N–H and O–H groups in total. The minimum absolute atomic E-state index is 0.361. The smallest absolute Gasteiger partial charge is 0.303 e. The first kappa shape index (κ1) is 11.5. The van der Waals surface area contributed by atoms with Crippen molar-refractivity contribution in [2.45, 2.75) is 19.3 Å². The van der Waals surface area contributed by atoms with Crippen molar-refractivity contribution in [1.29, 1.82) is 0 Å². The van der Waals surface area contributed by atoms with Crippen LogP contribution in [0.25, 0.3) is 0 Å². The Hall–Kier alpha value is -0.620. The Kier molecular flexibility index (Phi) is 3.16. The van der Waals surface area contributed by atoms with Crippen molar-refractivity contribution in [3.8, 4) is 0 Å². The van der Waals surface area contributed by atoms with E-state index in [0.29, 0.717) is 13.1 Å². The molecule has 0 saturated carbocycles. The number of carbonyl (C=O) groups excluding carboxylic acids is 1. The van der Waals surface area contributed by atoms with Crippen molar-refractivity contribution in [3.63, 3.8) is 0 Å². The number of piperidine rings is 1. The number of sulfonamides is 1. The quantitative estimate of drug-likeness (QED) is 0.652. The topological polar surface area (TPSA) is 63.2 Å². The second-order valence-corrected chi connectivity index (χ2v) is 5.78. The van der Waals surface area contributed by atoms with E-state index in [0.717, 1.165) is 25.5 Å². The van der Waals surface area contributed by atoms with Gasteiger partial charge in [-0.3, -0.25) is 0 Å². The van der Waals surface area contributed by atoms with Crippen LogP contribution in [0.4, 0.5) is 4.79 Å². The van der Waals surface area contributed by atoms with Gasteiger partial charge in [0.15, 0.2) is 0 Å². The highest BCUT2D eigenvalue weighted by atomic mass is 32.2. The number of carbonyl (C=O) groups is 1. The zero-order valence-electron chi connectivity index (χ0n) is 8.32. The average Bonchev–Trinajstić information content (AvgIpc) is 2.16. The Morgan fingerprint density at radius 2 is 1.79 bits per heavy atom. The van der Waals surface area contributed by atoms with Gasteiger partial charge in [0.05, 0.1) is 6.26 Å². The van der Waals surface area contributed by atoms with Crippen molar-refractivity contribution >= 4 is 16.1 Å². The molecule has 0 aromatic rings. The summed E-state index contributed by atoms with van der Waals surface area (Å²) in [5.74, 6) is 0. The van der Waals surface area contributed by atoms with Gasteiger partial charge in [-0.1, -0.05) is 0 Å². The summed E-state index contributed by atoms with van der Waals surface area (Å²) < 4.78 is 22.7. The number of hydrogen-bond acceptors (Lipinski definition) is 3. The molecular formula is C8H16N2O3S+. The highest BCUT2D eigenvalue weighted by molar-refractivity contribution is 7.85. The number of hydrogen-bond donors (Lipinski definition) is 1. The fraction of sp³-hybridized carbons (Fsp3) is 0.750. The lowest BCUT2D eigenvalue weighted by atomic mass is 10.1. The zero-order valence-corrected chi connectivity index (χ0v) is 9.14. The normalized spacial score (nSPS) is 21.6. The zero-order chi connectivity index (χ0) is 10.8. The molecule has 0 spiro atoms. The fourth-order valence-electron chi connectivity index (χ4n) is 1.85. The summed E-state index contributed by atoms with van der Waals surface area (Å²) in [5, 5.41) is 2.19. The van der Waals surface area contributed by atoms with Crippen molar-refractivity contribution in [2.24, 2.45) is 0 Å². The molecular weight excluding hydrogens is 204 g/mol. The number of nitrogens with zero attached hydrogens (tertiary/aromatic N) is 1. The Morgan fingerprint density at radius 1 is 1.29 bits per heavy atom. The van der Waals surface area contributed by atoms with E-state index in [1.54, 1.807) is 0 Å². The molecule has 2 amide bonds. The Morgan fingerprint density at radius 3 is 2.14 bits per heavy atom. The highest BCUT2D eigenvalue weighted by Crippen LogP contribution is 2.23. The lowest BCUT2D eigenvalue weighted by Gasteiger charge is -2.35. The molecule has 1 aliphatic rings. The summed E-state index contributed by atoms with van der Waals surface area (Å²) in [6, 6.07) is -0.521. The lowest BCUT2D eigenvalue weighted by molar-refractivity contribution is -0.728. The van der Waals surface area contributed by atoms with E-state index < -0.39 is 19.9 Å². The first-order valence-electron chi connectivity index (χ1n) is 4.59. The molecule has 81 valence electrons. The van der Waals surface area contributed by atoms with Crippen molar-refractivity contribution in [3.05, 3.63) is 7.05 Å². The first-order chi connectivity index (χ1) is 6.44. The number of rotatable bonds is 1. The first-order valence-corrected chi connectivity index (χ1v) is 6.44. The van der Waals surface area contributed by atoms with Crippen LogP contribution in [0.3, 0.4) is 0 Å². The van der Waals surface area contributed by atoms with Gasteiger partial charge in [0.2, 0.25) is 0 Å². The van der Waals surface area contributed by atoms with Gasteiger partial charge in [-0.15, -0.1) is 3.89 Å². The predicted molar refractivity (Wildman–Crippen MR) is 52.6 cm³/mol. The van der Waals surface area contributed by atoms with Crippen LogP contribution < -0.4 is 5.32 Å². The van der Waals surface area contributed by atoms with Crippen LogP contribution in [-0.4, -0.2) is 37.7 Å². The molecule has 0 unspecified atom stereocenters. The number of quaternary nitrogens is 1. The fourth-order valence-corrected chi connectivity index (χ4v) is 3.14. The van der Waals surface area contributed by atoms with Crippen molar-refractivity contribution in [2.75, 3.05) is 19.3 Å². The molecule has 0 bridgehead atoms. The molecule has 1 rings (SSSR count). The van der Waals surface area contributed by atoms with Gasteiger partial charge in [-0.25, -0.2) is 4.79 Å². The minimum atomic E-state index is -3.41. The van der Waals surface area contributed by atoms with E-state index >= 15 is 0 Å². The van der Waals surface area contributed by atoms with E-state index in [1.165, 1.54) is 0 Å². The third-order valence-corrected chi connectivity index (χ3v) is 4.50. The Labute approximate surface area is 84.7 Å². The lowest BCUT2D eigenvalue weighted by Crippen LogP contribution is -2.61. The molecule has 0 aromatic carbocycles. The van der Waals surface area contributed by atoms with Crippen molar-refractivity contribution in [1.82, 2.24) is 5.32 Å². The molecule has 1 heterocycles. The maximum absolute atomic E-state index is 11.6. The van der Waals surface area contributed by atoms with Gasteiger partial charge in [0.25, 0.3) is 0 Å². The number of nitrogens with one attached hydrogen (secondary N) is 1. The van der Waals surface area contributed by atoms with Gasteiger partial charge in [-0.05, 0) is 19.3 Å². The second kappa shape index (κ2) is 3.86. The Balaban J connectivity index is 3.07. The highest BCUT2D eigenvalue weighted by Gasteiger charge is 2.46. The van der Waals surface area contributed by atoms with Gasteiger partial charge >= 0.3 is 16.1 Å². The largest absolute Gasteiger partial charge is 0.432 e. The van der Waals surface area contributed by atoms with Crippen LogP contribution in [0.15, 0.2) is 0 Å². The molecule has 1 radical (unpaired) electrons. The van der Waals surface area contributed by atoms with Crippen LogP contribution in [0.1, 0.15) is 19.3 Å². The van der Waals surface area contributed by atoms with E-state index in [9.17, 15) is 13.2 Å². The van der Waals surface area contributed by atoms with Crippen molar-refractivity contribution < 1.29 is 17.1 Å². The molecule has 0 aromatic heterocycles. The minimum Gasteiger partial charge on any atom is -0.303 e. The summed E-state index contributed by atoms with van der Waals surface area (Å²) in [6.45, 7) is 0.723. The van der Waals surface area contributed by atoms with Gasteiger partial charge < -0.3 is 5.32 Å². The van der Waals surface area contributed by atoms with E-state index in [1.807, 2.05) is 0 Å². The standard InChI is InChI=1S/C8H16N2O3S/c1-9-8(11)10(14(2,12)13)6-4-3-5-7-10/h1,3-7H2,2H3,(H,9,11)/q+1. The number of likely N-dealkylation sites (tertiary alicyclic amines) is 1. The van der Waals surface area contributed by atoms with E-state index in [-0.39, 0.29) is 0 Å². The average molecular weight is 220 g/mol. The molecule has 14 heavy (non-hydrogen) atoms. The second-order valence-electron chi connectivity index (χ2n) is 3.61.